The molecule has 0 unspecified atom stereocenters. The lowest BCUT2D eigenvalue weighted by atomic mass is 10.3. The van der Waals surface area contributed by atoms with Crippen molar-refractivity contribution in [2.45, 2.75) is 0 Å². The van der Waals surface area contributed by atoms with Crippen LogP contribution < -0.4 is 11.1 Å². The zero-order valence-electron chi connectivity index (χ0n) is 10.5. The second kappa shape index (κ2) is 8.11. The van der Waals surface area contributed by atoms with E-state index in [0.717, 1.165) is 0 Å². The molecule has 19 heavy (non-hydrogen) atoms. The largest absolute Gasteiger partial charge is 0.399 e. The Morgan fingerprint density at radius 2 is 1.95 bits per heavy atom. The molecule has 1 aromatic carbocycles. The Kier molecular flexibility index (Phi) is 6.79. The molecular formula is C12H18BrN3O3. The average Bonchev–Trinajstić information content (AvgIpc) is 2.33. The van der Waals surface area contributed by atoms with Crippen molar-refractivity contribution >= 4 is 33.2 Å². The third-order valence-electron chi connectivity index (χ3n) is 2.47. The molecule has 1 rings (SSSR count). The van der Waals surface area contributed by atoms with E-state index in [4.69, 9.17) is 15.9 Å². The van der Waals surface area contributed by atoms with Gasteiger partial charge in [0.2, 0.25) is 5.91 Å². The maximum Gasteiger partial charge on any atom is 0.238 e. The van der Waals surface area contributed by atoms with Gasteiger partial charge in [0.15, 0.2) is 0 Å². The minimum Gasteiger partial charge on any atom is -0.399 e. The van der Waals surface area contributed by atoms with E-state index in [9.17, 15) is 4.79 Å². The molecule has 7 heteroatoms. The number of nitrogens with zero attached hydrogens (tertiary/aromatic N) is 1. The van der Waals surface area contributed by atoms with Gasteiger partial charge < -0.3 is 21.3 Å². The number of hydrogen-bond donors (Lipinski definition) is 4. The van der Waals surface area contributed by atoms with Crippen molar-refractivity contribution < 1.29 is 15.0 Å². The number of nitrogens with one attached hydrogen (secondary N) is 1. The van der Waals surface area contributed by atoms with Crippen LogP contribution in [0.5, 0.6) is 0 Å². The molecule has 0 atom stereocenters. The summed E-state index contributed by atoms with van der Waals surface area (Å²) < 4.78 is 0.705. The van der Waals surface area contributed by atoms with Crippen LogP contribution in [0.25, 0.3) is 0 Å². The molecule has 6 nitrogen and oxygen atoms in total. The number of amides is 1. The van der Waals surface area contributed by atoms with Crippen molar-refractivity contribution in [2.24, 2.45) is 0 Å². The average molecular weight is 332 g/mol. The maximum absolute atomic E-state index is 11.8. The highest BCUT2D eigenvalue weighted by molar-refractivity contribution is 9.10. The molecule has 0 aromatic heterocycles. The van der Waals surface area contributed by atoms with Gasteiger partial charge in [0.1, 0.15) is 0 Å². The third-order valence-corrected chi connectivity index (χ3v) is 3.12. The van der Waals surface area contributed by atoms with Gasteiger partial charge in [-0.2, -0.15) is 0 Å². The molecule has 0 heterocycles. The topological polar surface area (TPSA) is 98.8 Å². The maximum atomic E-state index is 11.8. The fourth-order valence-corrected chi connectivity index (χ4v) is 2.07. The molecule has 0 aliphatic rings. The van der Waals surface area contributed by atoms with Crippen LogP contribution in [-0.4, -0.2) is 53.9 Å². The molecule has 0 radical (unpaired) electrons. The molecular weight excluding hydrogens is 314 g/mol. The van der Waals surface area contributed by atoms with E-state index in [2.05, 4.69) is 21.2 Å². The predicted octanol–water partition coefficient (Wildman–Crippen LogP) is 0.256. The Morgan fingerprint density at radius 3 is 2.47 bits per heavy atom. The highest BCUT2D eigenvalue weighted by atomic mass is 79.9. The van der Waals surface area contributed by atoms with Crippen molar-refractivity contribution in [1.82, 2.24) is 4.90 Å². The Labute approximate surface area is 120 Å². The van der Waals surface area contributed by atoms with Crippen molar-refractivity contribution in [1.29, 1.82) is 0 Å². The van der Waals surface area contributed by atoms with Gasteiger partial charge in [-0.15, -0.1) is 0 Å². The second-order valence-electron chi connectivity index (χ2n) is 4.01. The number of nitrogens with two attached hydrogens (primary N) is 1. The lowest BCUT2D eigenvalue weighted by Gasteiger charge is -2.19. The zero-order chi connectivity index (χ0) is 14.3. The Bertz CT molecular complexity index is 423. The number of anilines is 2. The summed E-state index contributed by atoms with van der Waals surface area (Å²) >= 11 is 3.31. The summed E-state index contributed by atoms with van der Waals surface area (Å²) in [6.45, 7) is 0.684. The van der Waals surface area contributed by atoms with Crippen LogP contribution in [0.1, 0.15) is 0 Å². The van der Waals surface area contributed by atoms with Gasteiger partial charge in [0.25, 0.3) is 0 Å². The Hall–Kier alpha value is -1.15. The van der Waals surface area contributed by atoms with Crippen LogP contribution >= 0.6 is 15.9 Å². The summed E-state index contributed by atoms with van der Waals surface area (Å²) in [4.78, 5) is 13.5. The third kappa shape index (κ3) is 5.56. The standard InChI is InChI=1S/C12H18BrN3O3/c13-10-7-9(14)1-2-11(10)15-12(19)8-16(3-5-17)4-6-18/h1-2,7,17-18H,3-6,8,14H2,(H,15,19). The van der Waals surface area contributed by atoms with E-state index in [1.54, 1.807) is 23.1 Å². The first-order chi connectivity index (χ1) is 9.06. The molecule has 0 saturated carbocycles. The van der Waals surface area contributed by atoms with Gasteiger partial charge in [0.05, 0.1) is 25.4 Å². The number of hydrogen-bond acceptors (Lipinski definition) is 5. The van der Waals surface area contributed by atoms with E-state index in [1.807, 2.05) is 0 Å². The zero-order valence-corrected chi connectivity index (χ0v) is 12.1. The van der Waals surface area contributed by atoms with E-state index < -0.39 is 0 Å². The summed E-state index contributed by atoms with van der Waals surface area (Å²) in [6.07, 6.45) is 0. The number of carbonyl (C=O) groups excluding carboxylic acids is 1. The summed E-state index contributed by atoms with van der Waals surface area (Å²) in [6, 6.07) is 5.11. The number of halogens is 1. The minimum atomic E-state index is -0.215. The SMILES string of the molecule is Nc1ccc(NC(=O)CN(CCO)CCO)c(Br)c1. The molecule has 1 aromatic rings. The Balaban J connectivity index is 2.58. The molecule has 0 aliphatic carbocycles. The van der Waals surface area contributed by atoms with Crippen molar-refractivity contribution in [2.75, 3.05) is 43.9 Å². The number of aliphatic hydroxyl groups is 2. The molecule has 106 valence electrons. The lowest BCUT2D eigenvalue weighted by molar-refractivity contribution is -0.117. The van der Waals surface area contributed by atoms with Crippen LogP contribution in [-0.2, 0) is 4.79 Å². The van der Waals surface area contributed by atoms with Crippen LogP contribution in [0.3, 0.4) is 0 Å². The molecule has 0 aliphatic heterocycles. The molecule has 5 N–H and O–H groups in total. The number of rotatable bonds is 7. The fraction of sp³-hybridized carbons (Fsp3) is 0.417. The van der Waals surface area contributed by atoms with Gasteiger partial charge in [-0.1, -0.05) is 0 Å². The highest BCUT2D eigenvalue weighted by Crippen LogP contribution is 2.24. The predicted molar refractivity (Wildman–Crippen MR) is 77.8 cm³/mol. The number of carbonyl (C=O) groups is 1. The van der Waals surface area contributed by atoms with Crippen molar-refractivity contribution in [3.8, 4) is 0 Å². The van der Waals surface area contributed by atoms with E-state index in [-0.39, 0.29) is 25.7 Å². The van der Waals surface area contributed by atoms with Gasteiger partial charge in [-0.05, 0) is 34.1 Å². The monoisotopic (exact) mass is 331 g/mol. The van der Waals surface area contributed by atoms with E-state index >= 15 is 0 Å². The summed E-state index contributed by atoms with van der Waals surface area (Å²) in [5.41, 5.74) is 6.85. The van der Waals surface area contributed by atoms with Crippen molar-refractivity contribution in [3.63, 3.8) is 0 Å². The normalized spacial score (nSPS) is 10.7. The van der Waals surface area contributed by atoms with Crippen LogP contribution in [0, 0.1) is 0 Å². The van der Waals surface area contributed by atoms with Crippen LogP contribution in [0.2, 0.25) is 0 Å². The summed E-state index contributed by atoms with van der Waals surface area (Å²) in [5.74, 6) is -0.215. The first kappa shape index (κ1) is 15.9. The molecule has 0 fully saturated rings. The van der Waals surface area contributed by atoms with Crippen LogP contribution in [0.15, 0.2) is 22.7 Å². The summed E-state index contributed by atoms with van der Waals surface area (Å²) in [7, 11) is 0. The van der Waals surface area contributed by atoms with Crippen LogP contribution in [0.4, 0.5) is 11.4 Å². The smallest absolute Gasteiger partial charge is 0.238 e. The van der Waals surface area contributed by atoms with E-state index in [0.29, 0.717) is 28.9 Å². The van der Waals surface area contributed by atoms with Gasteiger partial charge >= 0.3 is 0 Å². The first-order valence-corrected chi connectivity index (χ1v) is 6.65. The van der Waals surface area contributed by atoms with Gasteiger partial charge in [0, 0.05) is 23.2 Å². The van der Waals surface area contributed by atoms with Crippen molar-refractivity contribution in [3.05, 3.63) is 22.7 Å². The van der Waals surface area contributed by atoms with Gasteiger partial charge in [-0.3, -0.25) is 9.69 Å². The quantitative estimate of drug-likeness (QED) is 0.537. The Morgan fingerprint density at radius 1 is 1.32 bits per heavy atom. The highest BCUT2D eigenvalue weighted by Gasteiger charge is 2.11. The van der Waals surface area contributed by atoms with E-state index in [1.165, 1.54) is 0 Å². The lowest BCUT2D eigenvalue weighted by Crippen LogP contribution is -2.37. The second-order valence-corrected chi connectivity index (χ2v) is 4.87. The summed E-state index contributed by atoms with van der Waals surface area (Å²) in [5, 5.41) is 20.5. The minimum absolute atomic E-state index is 0.0567. The molecule has 1 amide bonds. The molecule has 0 bridgehead atoms. The molecule has 0 saturated heterocycles. The molecule has 0 spiro atoms. The fourth-order valence-electron chi connectivity index (χ4n) is 1.58. The first-order valence-electron chi connectivity index (χ1n) is 5.85. The number of aliphatic hydroxyl groups excluding tert-OH is 2. The number of benzene rings is 1. The number of nitrogen functional groups attached to an aromatic ring is 1. The van der Waals surface area contributed by atoms with Gasteiger partial charge in [-0.25, -0.2) is 0 Å².